The molecular formula is C14H21NO2. The maximum atomic E-state index is 11.2. The van der Waals surface area contributed by atoms with Gasteiger partial charge in [-0.15, -0.1) is 0 Å². The van der Waals surface area contributed by atoms with Crippen molar-refractivity contribution >= 4 is 5.97 Å². The number of nitrogens with zero attached hydrogens (tertiary/aromatic N) is 1. The second kappa shape index (κ2) is 5.82. The fraction of sp³-hybridized carbons (Fsp3) is 0.500. The maximum Gasteiger partial charge on any atom is 0.321 e. The third kappa shape index (κ3) is 3.56. The lowest BCUT2D eigenvalue weighted by molar-refractivity contribution is -0.142. The summed E-state index contributed by atoms with van der Waals surface area (Å²) in [4.78, 5) is 12.9. The molecule has 0 aromatic heterocycles. The Labute approximate surface area is 103 Å². The SMILES string of the molecule is CC(C)c1ccccc1CC(C(=O)O)N(C)C. The van der Waals surface area contributed by atoms with Crippen LogP contribution >= 0.6 is 0 Å². The molecule has 0 aliphatic heterocycles. The van der Waals surface area contributed by atoms with Gasteiger partial charge in [0, 0.05) is 0 Å². The second-order valence-corrected chi connectivity index (χ2v) is 4.88. The van der Waals surface area contributed by atoms with Gasteiger partial charge in [-0.3, -0.25) is 9.69 Å². The average Bonchev–Trinajstić information content (AvgIpc) is 2.25. The Morgan fingerprint density at radius 1 is 1.29 bits per heavy atom. The first kappa shape index (κ1) is 13.7. The lowest BCUT2D eigenvalue weighted by Gasteiger charge is -2.22. The van der Waals surface area contributed by atoms with Crippen LogP contribution in [0, 0.1) is 0 Å². The number of likely N-dealkylation sites (N-methyl/N-ethyl adjacent to an activating group) is 1. The molecule has 1 aromatic carbocycles. The summed E-state index contributed by atoms with van der Waals surface area (Å²) < 4.78 is 0. The molecule has 0 bridgehead atoms. The molecule has 1 atom stereocenters. The molecule has 17 heavy (non-hydrogen) atoms. The van der Waals surface area contributed by atoms with Crippen LogP contribution in [0.25, 0.3) is 0 Å². The summed E-state index contributed by atoms with van der Waals surface area (Å²) in [5.74, 6) is -0.351. The molecule has 0 heterocycles. The maximum absolute atomic E-state index is 11.2. The smallest absolute Gasteiger partial charge is 0.321 e. The van der Waals surface area contributed by atoms with E-state index >= 15 is 0 Å². The monoisotopic (exact) mass is 235 g/mol. The average molecular weight is 235 g/mol. The Hall–Kier alpha value is -1.35. The van der Waals surface area contributed by atoms with E-state index in [0.29, 0.717) is 12.3 Å². The van der Waals surface area contributed by atoms with E-state index in [1.807, 2.05) is 18.2 Å². The molecule has 0 fully saturated rings. The van der Waals surface area contributed by atoms with Gasteiger partial charge in [-0.1, -0.05) is 38.1 Å². The minimum atomic E-state index is -0.770. The van der Waals surface area contributed by atoms with Crippen molar-refractivity contribution in [2.45, 2.75) is 32.2 Å². The lowest BCUT2D eigenvalue weighted by Crippen LogP contribution is -2.37. The molecule has 0 amide bonds. The normalized spacial score (nSPS) is 13.1. The van der Waals surface area contributed by atoms with Crippen LogP contribution in [0.1, 0.15) is 30.9 Å². The molecule has 0 saturated heterocycles. The Bertz CT molecular complexity index is 386. The molecule has 0 spiro atoms. The Kier molecular flexibility index (Phi) is 4.70. The Balaban J connectivity index is 2.97. The number of rotatable bonds is 5. The molecule has 3 nitrogen and oxygen atoms in total. The number of carboxylic acid groups (broad SMARTS) is 1. The van der Waals surface area contributed by atoms with Crippen LogP contribution in [0.2, 0.25) is 0 Å². The van der Waals surface area contributed by atoms with Crippen LogP contribution in [-0.4, -0.2) is 36.1 Å². The zero-order valence-corrected chi connectivity index (χ0v) is 11.0. The first-order valence-electron chi connectivity index (χ1n) is 5.90. The third-order valence-electron chi connectivity index (χ3n) is 3.00. The van der Waals surface area contributed by atoms with E-state index in [0.717, 1.165) is 5.56 Å². The van der Waals surface area contributed by atoms with Gasteiger partial charge in [0.1, 0.15) is 6.04 Å². The summed E-state index contributed by atoms with van der Waals surface area (Å²) >= 11 is 0. The highest BCUT2D eigenvalue weighted by Crippen LogP contribution is 2.21. The third-order valence-corrected chi connectivity index (χ3v) is 3.00. The Morgan fingerprint density at radius 2 is 1.88 bits per heavy atom. The standard InChI is InChI=1S/C14H21NO2/c1-10(2)12-8-6-5-7-11(12)9-13(14(16)17)15(3)4/h5-8,10,13H,9H2,1-4H3,(H,16,17). The van der Waals surface area contributed by atoms with Crippen molar-refractivity contribution in [3.8, 4) is 0 Å². The van der Waals surface area contributed by atoms with Crippen LogP contribution in [-0.2, 0) is 11.2 Å². The van der Waals surface area contributed by atoms with Crippen molar-refractivity contribution in [1.82, 2.24) is 4.90 Å². The van der Waals surface area contributed by atoms with Crippen LogP contribution in [0.15, 0.2) is 24.3 Å². The molecule has 1 unspecified atom stereocenters. The number of carboxylic acids is 1. The van der Waals surface area contributed by atoms with Gasteiger partial charge in [0.05, 0.1) is 0 Å². The van der Waals surface area contributed by atoms with Gasteiger partial charge in [0.15, 0.2) is 0 Å². The molecule has 1 aromatic rings. The highest BCUT2D eigenvalue weighted by molar-refractivity contribution is 5.74. The number of benzene rings is 1. The minimum absolute atomic E-state index is 0.419. The van der Waals surface area contributed by atoms with E-state index in [1.165, 1.54) is 5.56 Å². The number of hydrogen-bond acceptors (Lipinski definition) is 2. The molecule has 0 aliphatic rings. The molecular weight excluding hydrogens is 214 g/mol. The quantitative estimate of drug-likeness (QED) is 0.851. The van der Waals surface area contributed by atoms with Crippen molar-refractivity contribution in [1.29, 1.82) is 0 Å². The van der Waals surface area contributed by atoms with Crippen LogP contribution in [0.4, 0.5) is 0 Å². The molecule has 3 heteroatoms. The minimum Gasteiger partial charge on any atom is -0.480 e. The largest absolute Gasteiger partial charge is 0.480 e. The molecule has 0 aliphatic carbocycles. The van der Waals surface area contributed by atoms with Gasteiger partial charge >= 0.3 is 5.97 Å². The fourth-order valence-electron chi connectivity index (χ4n) is 1.98. The van der Waals surface area contributed by atoms with Crippen LogP contribution < -0.4 is 0 Å². The van der Waals surface area contributed by atoms with E-state index < -0.39 is 12.0 Å². The van der Waals surface area contributed by atoms with E-state index in [1.54, 1.807) is 19.0 Å². The molecule has 0 saturated carbocycles. The van der Waals surface area contributed by atoms with Crippen molar-refractivity contribution in [2.75, 3.05) is 14.1 Å². The number of aliphatic carboxylic acids is 1. The number of carbonyl (C=O) groups is 1. The van der Waals surface area contributed by atoms with Gasteiger partial charge in [-0.05, 0) is 37.6 Å². The van der Waals surface area contributed by atoms with Gasteiger partial charge in [-0.25, -0.2) is 0 Å². The summed E-state index contributed by atoms with van der Waals surface area (Å²) in [7, 11) is 3.60. The zero-order chi connectivity index (χ0) is 13.0. The molecule has 0 radical (unpaired) electrons. The van der Waals surface area contributed by atoms with Crippen molar-refractivity contribution < 1.29 is 9.90 Å². The summed E-state index contributed by atoms with van der Waals surface area (Å²) in [5, 5.41) is 9.19. The van der Waals surface area contributed by atoms with Crippen molar-refractivity contribution in [3.63, 3.8) is 0 Å². The van der Waals surface area contributed by atoms with Crippen molar-refractivity contribution in [2.24, 2.45) is 0 Å². The van der Waals surface area contributed by atoms with Crippen molar-refractivity contribution in [3.05, 3.63) is 35.4 Å². The molecule has 1 rings (SSSR count). The van der Waals surface area contributed by atoms with Gasteiger partial charge in [0.2, 0.25) is 0 Å². The van der Waals surface area contributed by atoms with Crippen LogP contribution in [0.5, 0.6) is 0 Å². The highest BCUT2D eigenvalue weighted by Gasteiger charge is 2.21. The fourth-order valence-corrected chi connectivity index (χ4v) is 1.98. The summed E-state index contributed by atoms with van der Waals surface area (Å²) in [6, 6.07) is 7.61. The Morgan fingerprint density at radius 3 is 2.35 bits per heavy atom. The van der Waals surface area contributed by atoms with E-state index in [9.17, 15) is 9.90 Å². The molecule has 94 valence electrons. The first-order chi connectivity index (χ1) is 7.93. The summed E-state index contributed by atoms with van der Waals surface area (Å²) in [6.45, 7) is 4.26. The summed E-state index contributed by atoms with van der Waals surface area (Å²) in [6.07, 6.45) is 0.552. The van der Waals surface area contributed by atoms with Gasteiger partial charge in [-0.2, -0.15) is 0 Å². The second-order valence-electron chi connectivity index (χ2n) is 4.88. The van der Waals surface area contributed by atoms with E-state index in [4.69, 9.17) is 0 Å². The molecule has 1 N–H and O–H groups in total. The first-order valence-corrected chi connectivity index (χ1v) is 5.90. The van der Waals surface area contributed by atoms with Crippen LogP contribution in [0.3, 0.4) is 0 Å². The summed E-state index contributed by atoms with van der Waals surface area (Å²) in [5.41, 5.74) is 2.37. The topological polar surface area (TPSA) is 40.5 Å². The highest BCUT2D eigenvalue weighted by atomic mass is 16.4. The zero-order valence-electron chi connectivity index (χ0n) is 11.0. The van der Waals surface area contributed by atoms with E-state index in [2.05, 4.69) is 19.9 Å². The lowest BCUT2D eigenvalue weighted by atomic mass is 9.93. The predicted molar refractivity (Wildman–Crippen MR) is 69.3 cm³/mol. The predicted octanol–water partition coefficient (Wildman–Crippen LogP) is 2.37. The van der Waals surface area contributed by atoms with E-state index in [-0.39, 0.29) is 0 Å². The van der Waals surface area contributed by atoms with Gasteiger partial charge in [0.25, 0.3) is 0 Å². The number of hydrogen-bond donors (Lipinski definition) is 1. The van der Waals surface area contributed by atoms with Gasteiger partial charge < -0.3 is 5.11 Å².